The smallest absolute Gasteiger partial charge is 0.417 e. The van der Waals surface area contributed by atoms with Crippen molar-refractivity contribution < 1.29 is 36.5 Å². The summed E-state index contributed by atoms with van der Waals surface area (Å²) in [5.74, 6) is -2.26. The van der Waals surface area contributed by atoms with E-state index in [0.29, 0.717) is 13.1 Å². The summed E-state index contributed by atoms with van der Waals surface area (Å²) in [5, 5.41) is 13.4. The number of anilines is 2. The number of nitrogens with zero attached hydrogens (tertiary/aromatic N) is 4. The number of nitrogen functional groups attached to an aromatic ring is 1. The van der Waals surface area contributed by atoms with Crippen LogP contribution in [0.15, 0.2) is 18.2 Å². The van der Waals surface area contributed by atoms with Crippen LogP contribution >= 0.6 is 11.3 Å². The molecule has 4 aromatic rings. The highest BCUT2D eigenvalue weighted by molar-refractivity contribution is 7.22. The zero-order chi connectivity index (χ0) is 29.3. The van der Waals surface area contributed by atoms with E-state index in [0.717, 1.165) is 42.4 Å². The summed E-state index contributed by atoms with van der Waals surface area (Å²) in [7, 11) is 0. The van der Waals surface area contributed by atoms with Crippen LogP contribution in [0.5, 0.6) is 6.01 Å². The number of rotatable bonds is 5. The number of nitrogens with one attached hydrogen (secondary N) is 1. The van der Waals surface area contributed by atoms with Crippen molar-refractivity contribution in [1.82, 2.24) is 20.3 Å². The minimum absolute atomic E-state index is 0.0370. The van der Waals surface area contributed by atoms with Gasteiger partial charge in [0.15, 0.2) is 10.9 Å². The van der Waals surface area contributed by atoms with Gasteiger partial charge in [-0.25, -0.2) is 13.8 Å². The number of fused-ring (bicyclic) bond motifs is 4. The molecule has 9 nitrogen and oxygen atoms in total. The predicted molar refractivity (Wildman–Crippen MR) is 145 cm³/mol. The fourth-order valence-corrected chi connectivity index (χ4v) is 6.84. The second-order valence-corrected chi connectivity index (χ2v) is 11.9. The maximum absolute atomic E-state index is 16.6. The number of alkyl halides is 3. The van der Waals surface area contributed by atoms with Crippen molar-refractivity contribution in [2.24, 2.45) is 5.92 Å². The topological polar surface area (TPSA) is 119 Å². The minimum Gasteiger partial charge on any atom is -0.463 e. The summed E-state index contributed by atoms with van der Waals surface area (Å²) in [6.45, 7) is 1.27. The molecule has 7 rings (SSSR count). The fraction of sp³-hybridized carbons (Fsp3) is 0.444. The first-order chi connectivity index (χ1) is 20.1. The number of benzene rings is 2. The van der Waals surface area contributed by atoms with Crippen LogP contribution in [0, 0.1) is 17.6 Å². The van der Waals surface area contributed by atoms with Crippen LogP contribution in [-0.4, -0.2) is 71.2 Å². The molecule has 4 atom stereocenters. The van der Waals surface area contributed by atoms with Crippen LogP contribution in [-0.2, 0) is 10.9 Å². The van der Waals surface area contributed by atoms with Gasteiger partial charge in [-0.05, 0) is 31.0 Å². The number of hydrogen-bond acceptors (Lipinski definition) is 10. The van der Waals surface area contributed by atoms with Gasteiger partial charge in [-0.2, -0.15) is 23.1 Å². The van der Waals surface area contributed by atoms with Gasteiger partial charge in [-0.1, -0.05) is 11.3 Å². The van der Waals surface area contributed by atoms with Gasteiger partial charge < -0.3 is 30.5 Å². The summed E-state index contributed by atoms with van der Waals surface area (Å²) < 4.78 is 86.0. The molecule has 0 aliphatic carbocycles. The Morgan fingerprint density at radius 2 is 1.86 bits per heavy atom. The molecule has 3 fully saturated rings. The third kappa shape index (κ3) is 4.68. The molecule has 0 spiro atoms. The van der Waals surface area contributed by atoms with E-state index in [2.05, 4.69) is 20.3 Å². The van der Waals surface area contributed by atoms with Crippen LogP contribution in [0.1, 0.15) is 18.4 Å². The van der Waals surface area contributed by atoms with E-state index >= 15 is 4.39 Å². The van der Waals surface area contributed by atoms with Gasteiger partial charge in [0.1, 0.15) is 17.2 Å². The van der Waals surface area contributed by atoms with Crippen molar-refractivity contribution in [2.45, 2.75) is 37.2 Å². The molecular formula is C27H25F5N6O3S. The summed E-state index contributed by atoms with van der Waals surface area (Å²) in [5.41, 5.74) is 2.84. The molecule has 42 heavy (non-hydrogen) atoms. The highest BCUT2D eigenvalue weighted by atomic mass is 32.1. The Labute approximate surface area is 239 Å². The van der Waals surface area contributed by atoms with E-state index in [1.54, 1.807) is 0 Å². The second-order valence-electron chi connectivity index (χ2n) is 10.9. The molecule has 0 amide bonds. The van der Waals surface area contributed by atoms with Crippen molar-refractivity contribution in [1.29, 1.82) is 0 Å². The lowest BCUT2D eigenvalue weighted by atomic mass is 9.95. The number of aromatic nitrogens is 3. The van der Waals surface area contributed by atoms with Crippen molar-refractivity contribution in [3.8, 4) is 17.1 Å². The monoisotopic (exact) mass is 608 g/mol. The van der Waals surface area contributed by atoms with E-state index in [4.69, 9.17) is 15.2 Å². The maximum atomic E-state index is 16.6. The molecular weight excluding hydrogens is 583 g/mol. The van der Waals surface area contributed by atoms with Crippen LogP contribution < -0.4 is 20.7 Å². The Balaban J connectivity index is 1.45. The molecule has 0 radical (unpaired) electrons. The van der Waals surface area contributed by atoms with Crippen LogP contribution in [0.2, 0.25) is 0 Å². The van der Waals surface area contributed by atoms with Gasteiger partial charge in [-0.3, -0.25) is 0 Å². The van der Waals surface area contributed by atoms with Crippen LogP contribution in [0.25, 0.3) is 32.2 Å². The molecule has 2 aromatic carbocycles. The largest absolute Gasteiger partial charge is 0.463 e. The van der Waals surface area contributed by atoms with Gasteiger partial charge >= 0.3 is 12.2 Å². The zero-order valence-electron chi connectivity index (χ0n) is 21.9. The Bertz CT molecular complexity index is 1690. The predicted octanol–water partition coefficient (Wildman–Crippen LogP) is 4.11. The number of halogens is 5. The lowest BCUT2D eigenvalue weighted by Crippen LogP contribution is -2.51. The lowest BCUT2D eigenvalue weighted by Gasteiger charge is -2.34. The minimum atomic E-state index is -4.99. The molecule has 3 aliphatic rings. The third-order valence-corrected chi connectivity index (χ3v) is 8.98. The number of piperazine rings is 1. The maximum Gasteiger partial charge on any atom is 0.417 e. The Hall–Kier alpha value is -3.40. The van der Waals surface area contributed by atoms with E-state index in [9.17, 15) is 22.7 Å². The van der Waals surface area contributed by atoms with E-state index in [1.807, 2.05) is 4.90 Å². The molecule has 0 saturated carbocycles. The number of aliphatic hydroxyl groups is 1. The molecule has 3 aliphatic heterocycles. The number of thiazole rings is 1. The van der Waals surface area contributed by atoms with E-state index in [1.165, 1.54) is 0 Å². The number of ether oxygens (including phenoxy) is 2. The van der Waals surface area contributed by atoms with Gasteiger partial charge in [0.05, 0.1) is 41.7 Å². The highest BCUT2D eigenvalue weighted by Crippen LogP contribution is 2.46. The van der Waals surface area contributed by atoms with Gasteiger partial charge in [0, 0.05) is 47.6 Å². The Kier molecular flexibility index (Phi) is 6.60. The SMILES string of the molecule is Nc1nc2c(-c3c(C(F)(F)F)cc4c(N5CC6CCC(C5)N6)nc(OCC5COCC5O)nc4c3F)ccc(F)c2s1. The van der Waals surface area contributed by atoms with Gasteiger partial charge in [0.25, 0.3) is 0 Å². The fourth-order valence-electron chi connectivity index (χ4n) is 6.08. The summed E-state index contributed by atoms with van der Waals surface area (Å²) >= 11 is 0.758. The van der Waals surface area contributed by atoms with Crippen molar-refractivity contribution >= 4 is 43.4 Å². The first-order valence-corrected chi connectivity index (χ1v) is 14.2. The second kappa shape index (κ2) is 10.1. The van der Waals surface area contributed by atoms with Crippen LogP contribution in [0.4, 0.5) is 32.9 Å². The van der Waals surface area contributed by atoms with Crippen molar-refractivity contribution in [3.05, 3.63) is 35.4 Å². The normalized spacial score (nSPS) is 24.3. The first-order valence-electron chi connectivity index (χ1n) is 13.4. The molecule has 4 unspecified atom stereocenters. The van der Waals surface area contributed by atoms with Crippen molar-refractivity contribution in [2.75, 3.05) is 43.5 Å². The summed E-state index contributed by atoms with van der Waals surface area (Å²) in [6, 6.07) is 2.84. The Morgan fingerprint density at radius 1 is 1.10 bits per heavy atom. The Morgan fingerprint density at radius 3 is 2.55 bits per heavy atom. The van der Waals surface area contributed by atoms with Gasteiger partial charge in [-0.15, -0.1) is 0 Å². The van der Waals surface area contributed by atoms with E-state index < -0.39 is 35.0 Å². The molecule has 15 heteroatoms. The van der Waals surface area contributed by atoms with E-state index in [-0.39, 0.29) is 81.5 Å². The lowest BCUT2D eigenvalue weighted by molar-refractivity contribution is -0.137. The molecule has 5 heterocycles. The highest BCUT2D eigenvalue weighted by Gasteiger charge is 2.40. The van der Waals surface area contributed by atoms with Crippen LogP contribution in [0.3, 0.4) is 0 Å². The molecule has 2 aromatic heterocycles. The molecule has 222 valence electrons. The number of hydrogen-bond donors (Lipinski definition) is 3. The molecule has 3 saturated heterocycles. The van der Waals surface area contributed by atoms with Gasteiger partial charge in [0.2, 0.25) is 0 Å². The standard InChI is InChI=1S/C27H25F5N6O3S/c28-17-4-3-14(22-23(17)42-25(33)35-22)19-16(27(30,31)32)5-15-21(20(19)29)36-26(41-9-11-8-40-10-18(11)39)37-24(15)38-6-12-1-2-13(7-38)34-12/h3-5,11-13,18,34,39H,1-2,6-10H2,(H2,33,35). The average Bonchev–Trinajstić information content (AvgIpc) is 3.64. The first kappa shape index (κ1) is 27.4. The molecule has 4 N–H and O–H groups in total. The third-order valence-electron chi connectivity index (χ3n) is 8.08. The summed E-state index contributed by atoms with van der Waals surface area (Å²) in [6.07, 6.45) is -3.95. The zero-order valence-corrected chi connectivity index (χ0v) is 22.7. The van der Waals surface area contributed by atoms with Crippen molar-refractivity contribution in [3.63, 3.8) is 0 Å². The number of nitrogens with two attached hydrogens (primary N) is 1. The average molecular weight is 609 g/mol. The quantitative estimate of drug-likeness (QED) is 0.288. The molecule has 2 bridgehead atoms. The summed E-state index contributed by atoms with van der Waals surface area (Å²) in [4.78, 5) is 14.6. The number of aliphatic hydroxyl groups excluding tert-OH is 1.